The third-order valence-corrected chi connectivity index (χ3v) is 2.41. The Morgan fingerprint density at radius 3 is 2.47 bits per heavy atom. The van der Waals surface area contributed by atoms with Crippen molar-refractivity contribution in [2.24, 2.45) is 11.7 Å². The Labute approximate surface area is 87.7 Å². The van der Waals surface area contributed by atoms with Crippen molar-refractivity contribution in [2.45, 2.75) is 19.5 Å². The minimum Gasteiger partial charge on any atom is -0.388 e. The van der Waals surface area contributed by atoms with Gasteiger partial charge in [0.25, 0.3) is 6.43 Å². The first kappa shape index (κ1) is 12.1. The number of rotatable bonds is 4. The van der Waals surface area contributed by atoms with Crippen LogP contribution in [0.15, 0.2) is 24.3 Å². The van der Waals surface area contributed by atoms with Gasteiger partial charge in [-0.15, -0.1) is 0 Å². The maximum Gasteiger partial charge on any atom is 0.263 e. The van der Waals surface area contributed by atoms with Gasteiger partial charge in [0.15, 0.2) is 0 Å². The number of nitrogens with two attached hydrogens (primary N) is 1. The zero-order valence-electron chi connectivity index (χ0n) is 8.53. The van der Waals surface area contributed by atoms with E-state index in [9.17, 15) is 13.9 Å². The summed E-state index contributed by atoms with van der Waals surface area (Å²) in [6.07, 6.45) is -3.29. The van der Waals surface area contributed by atoms with Gasteiger partial charge in [-0.05, 0) is 24.1 Å². The van der Waals surface area contributed by atoms with E-state index >= 15 is 0 Å². The van der Waals surface area contributed by atoms with E-state index < -0.39 is 12.5 Å². The quantitative estimate of drug-likeness (QED) is 0.809. The average molecular weight is 215 g/mol. The van der Waals surface area contributed by atoms with Gasteiger partial charge in [-0.3, -0.25) is 0 Å². The molecule has 0 saturated heterocycles. The average Bonchev–Trinajstić information content (AvgIpc) is 2.27. The minimum absolute atomic E-state index is 0.0734. The molecule has 2 atom stereocenters. The molecule has 0 aliphatic rings. The third-order valence-electron chi connectivity index (χ3n) is 2.41. The van der Waals surface area contributed by atoms with Crippen LogP contribution in [-0.4, -0.2) is 11.7 Å². The molecule has 0 saturated carbocycles. The summed E-state index contributed by atoms with van der Waals surface area (Å²) < 4.78 is 24.8. The molecule has 0 radical (unpaired) electrons. The first-order valence-electron chi connectivity index (χ1n) is 4.82. The fourth-order valence-electron chi connectivity index (χ4n) is 1.34. The van der Waals surface area contributed by atoms with Crippen molar-refractivity contribution in [1.29, 1.82) is 0 Å². The van der Waals surface area contributed by atoms with Crippen LogP contribution in [0.25, 0.3) is 0 Å². The number of alkyl halides is 2. The number of hydrogen-bond acceptors (Lipinski definition) is 2. The highest BCUT2D eigenvalue weighted by Gasteiger charge is 2.16. The summed E-state index contributed by atoms with van der Waals surface area (Å²) in [7, 11) is 0. The van der Waals surface area contributed by atoms with Gasteiger partial charge in [0, 0.05) is 5.56 Å². The maximum absolute atomic E-state index is 12.4. The summed E-state index contributed by atoms with van der Waals surface area (Å²) in [5, 5.41) is 9.77. The molecule has 0 fully saturated rings. The molecule has 15 heavy (non-hydrogen) atoms. The van der Waals surface area contributed by atoms with Gasteiger partial charge in [-0.2, -0.15) is 0 Å². The Bertz CT molecular complexity index is 317. The number of aliphatic hydroxyl groups is 1. The molecule has 0 bridgehead atoms. The second-order valence-electron chi connectivity index (χ2n) is 3.63. The van der Waals surface area contributed by atoms with E-state index in [1.54, 1.807) is 13.0 Å². The minimum atomic E-state index is -2.51. The highest BCUT2D eigenvalue weighted by atomic mass is 19.3. The first-order chi connectivity index (χ1) is 7.06. The Hall–Kier alpha value is -1.00. The molecule has 0 aromatic heterocycles. The van der Waals surface area contributed by atoms with E-state index in [4.69, 9.17) is 5.73 Å². The lowest BCUT2D eigenvalue weighted by Gasteiger charge is -2.17. The van der Waals surface area contributed by atoms with E-state index in [0.29, 0.717) is 12.1 Å². The van der Waals surface area contributed by atoms with Gasteiger partial charge < -0.3 is 10.8 Å². The van der Waals surface area contributed by atoms with E-state index in [1.165, 1.54) is 18.2 Å². The fourth-order valence-corrected chi connectivity index (χ4v) is 1.34. The van der Waals surface area contributed by atoms with Crippen LogP contribution in [0.4, 0.5) is 8.78 Å². The Morgan fingerprint density at radius 1 is 1.33 bits per heavy atom. The predicted octanol–water partition coefficient (Wildman–Crippen LogP) is 2.25. The molecule has 2 nitrogen and oxygen atoms in total. The number of hydrogen-bond donors (Lipinski definition) is 2. The topological polar surface area (TPSA) is 46.2 Å². The molecule has 0 heterocycles. The van der Waals surface area contributed by atoms with Crippen molar-refractivity contribution in [3.8, 4) is 0 Å². The number of aliphatic hydroxyl groups excluding tert-OH is 1. The zero-order chi connectivity index (χ0) is 11.4. The van der Waals surface area contributed by atoms with Crippen LogP contribution in [0.1, 0.15) is 30.6 Å². The number of benzene rings is 1. The number of halogens is 2. The smallest absolute Gasteiger partial charge is 0.263 e. The van der Waals surface area contributed by atoms with Crippen molar-refractivity contribution in [2.75, 3.05) is 6.54 Å². The van der Waals surface area contributed by atoms with Crippen LogP contribution >= 0.6 is 0 Å². The summed E-state index contributed by atoms with van der Waals surface area (Å²) in [4.78, 5) is 0. The molecule has 0 aliphatic heterocycles. The van der Waals surface area contributed by atoms with E-state index in [-0.39, 0.29) is 11.5 Å². The molecule has 0 spiro atoms. The molecule has 0 amide bonds. The van der Waals surface area contributed by atoms with E-state index in [2.05, 4.69) is 0 Å². The molecule has 0 aliphatic carbocycles. The Kier molecular flexibility index (Phi) is 4.17. The van der Waals surface area contributed by atoms with Gasteiger partial charge in [-0.25, -0.2) is 8.78 Å². The molecular formula is C11H15F2NO. The van der Waals surface area contributed by atoms with E-state index in [0.717, 1.165) is 0 Å². The lowest BCUT2D eigenvalue weighted by atomic mass is 9.96. The van der Waals surface area contributed by atoms with E-state index in [1.807, 2.05) is 0 Å². The van der Waals surface area contributed by atoms with Gasteiger partial charge in [0.2, 0.25) is 0 Å². The largest absolute Gasteiger partial charge is 0.388 e. The maximum atomic E-state index is 12.4. The van der Waals surface area contributed by atoms with Crippen LogP contribution in [0.3, 0.4) is 0 Å². The molecule has 1 aromatic rings. The van der Waals surface area contributed by atoms with Crippen molar-refractivity contribution >= 4 is 0 Å². The second kappa shape index (κ2) is 5.19. The zero-order valence-corrected chi connectivity index (χ0v) is 8.53. The van der Waals surface area contributed by atoms with Crippen molar-refractivity contribution in [3.05, 3.63) is 35.4 Å². The van der Waals surface area contributed by atoms with Crippen molar-refractivity contribution in [1.82, 2.24) is 0 Å². The van der Waals surface area contributed by atoms with Gasteiger partial charge in [0.1, 0.15) is 0 Å². The summed E-state index contributed by atoms with van der Waals surface area (Å²) in [6, 6.07) is 5.81. The summed E-state index contributed by atoms with van der Waals surface area (Å²) in [5.41, 5.74) is 5.82. The Morgan fingerprint density at radius 2 is 1.93 bits per heavy atom. The summed E-state index contributed by atoms with van der Waals surface area (Å²) in [5.74, 6) is -0.141. The second-order valence-corrected chi connectivity index (χ2v) is 3.63. The SMILES string of the molecule is CC(CN)C(O)c1cccc(C(F)F)c1. The normalized spacial score (nSPS) is 15.3. The lowest BCUT2D eigenvalue weighted by Crippen LogP contribution is -2.18. The molecular weight excluding hydrogens is 200 g/mol. The molecule has 4 heteroatoms. The highest BCUT2D eigenvalue weighted by molar-refractivity contribution is 5.26. The Balaban J connectivity index is 2.90. The van der Waals surface area contributed by atoms with Crippen LogP contribution in [0.5, 0.6) is 0 Å². The molecule has 3 N–H and O–H groups in total. The monoisotopic (exact) mass is 215 g/mol. The van der Waals surface area contributed by atoms with Crippen LogP contribution in [0.2, 0.25) is 0 Å². The van der Waals surface area contributed by atoms with Crippen molar-refractivity contribution in [3.63, 3.8) is 0 Å². The van der Waals surface area contributed by atoms with Crippen LogP contribution in [0, 0.1) is 5.92 Å². The highest BCUT2D eigenvalue weighted by Crippen LogP contribution is 2.25. The van der Waals surface area contributed by atoms with Gasteiger partial charge >= 0.3 is 0 Å². The molecule has 1 aromatic carbocycles. The lowest BCUT2D eigenvalue weighted by molar-refractivity contribution is 0.120. The summed E-state index contributed by atoms with van der Waals surface area (Å²) in [6.45, 7) is 2.10. The third kappa shape index (κ3) is 2.97. The van der Waals surface area contributed by atoms with Crippen molar-refractivity contribution < 1.29 is 13.9 Å². The summed E-state index contributed by atoms with van der Waals surface area (Å²) >= 11 is 0. The molecule has 84 valence electrons. The standard InChI is InChI=1S/C11H15F2NO/c1-7(6-14)10(15)8-3-2-4-9(5-8)11(12)13/h2-5,7,10-11,15H,6,14H2,1H3. The van der Waals surface area contributed by atoms with Gasteiger partial charge in [0.05, 0.1) is 6.10 Å². The molecule has 2 unspecified atom stereocenters. The predicted molar refractivity (Wildman–Crippen MR) is 54.6 cm³/mol. The van der Waals surface area contributed by atoms with Gasteiger partial charge in [-0.1, -0.05) is 25.1 Å². The van der Waals surface area contributed by atoms with Crippen LogP contribution < -0.4 is 5.73 Å². The van der Waals surface area contributed by atoms with Crippen LogP contribution in [-0.2, 0) is 0 Å². The molecule has 1 rings (SSSR count). The fraction of sp³-hybridized carbons (Fsp3) is 0.455. The first-order valence-corrected chi connectivity index (χ1v) is 4.82.